The summed E-state index contributed by atoms with van der Waals surface area (Å²) in [6.45, 7) is 2.03. The normalized spacial score (nSPS) is 16.9. The molecule has 3 aromatic heterocycles. The molecule has 3 aromatic rings. The molecule has 1 fully saturated rings. The molecule has 1 unspecified atom stereocenters. The van der Waals surface area contributed by atoms with Crippen LogP contribution in [0.4, 0.5) is 5.82 Å². The summed E-state index contributed by atoms with van der Waals surface area (Å²) in [7, 11) is 0. The highest BCUT2D eigenvalue weighted by atomic mass is 16.1. The topological polar surface area (TPSA) is 88.8 Å². The number of pyridine rings is 1. The van der Waals surface area contributed by atoms with Gasteiger partial charge in [0, 0.05) is 44.4 Å². The van der Waals surface area contributed by atoms with Gasteiger partial charge in [-0.2, -0.15) is 5.10 Å². The molecule has 8 nitrogen and oxygen atoms in total. The Morgan fingerprint density at radius 3 is 2.78 bits per heavy atom. The van der Waals surface area contributed by atoms with Gasteiger partial charge in [-0.1, -0.05) is 6.07 Å². The van der Waals surface area contributed by atoms with Crippen LogP contribution in [0.2, 0.25) is 0 Å². The molecule has 1 atom stereocenters. The molecule has 4 rings (SSSR count). The fourth-order valence-corrected chi connectivity index (χ4v) is 3.25. The Morgan fingerprint density at radius 2 is 2.04 bits per heavy atom. The van der Waals surface area contributed by atoms with Crippen LogP contribution in [0.3, 0.4) is 0 Å². The number of carbonyl (C=O) groups excluding carboxylic acids is 1. The third kappa shape index (κ3) is 4.11. The zero-order valence-corrected chi connectivity index (χ0v) is 14.9. The second kappa shape index (κ2) is 7.94. The molecule has 138 valence electrons. The van der Waals surface area contributed by atoms with E-state index in [2.05, 4.69) is 30.5 Å². The number of nitrogens with one attached hydrogen (secondary N) is 1. The van der Waals surface area contributed by atoms with E-state index in [-0.39, 0.29) is 11.8 Å². The summed E-state index contributed by atoms with van der Waals surface area (Å²) in [5, 5.41) is 15.7. The Bertz CT molecular complexity index is 865. The third-order valence-electron chi connectivity index (χ3n) is 4.68. The number of aromatic nitrogens is 5. The van der Waals surface area contributed by atoms with Crippen molar-refractivity contribution in [1.29, 1.82) is 0 Å². The summed E-state index contributed by atoms with van der Waals surface area (Å²) in [5.74, 6) is 1.48. The van der Waals surface area contributed by atoms with Gasteiger partial charge in [0.25, 0.3) is 0 Å². The van der Waals surface area contributed by atoms with Gasteiger partial charge in [0.05, 0.1) is 5.92 Å². The average molecular weight is 363 g/mol. The van der Waals surface area contributed by atoms with Crippen molar-refractivity contribution in [3.8, 4) is 5.82 Å². The Balaban J connectivity index is 1.36. The Morgan fingerprint density at radius 1 is 1.15 bits per heavy atom. The van der Waals surface area contributed by atoms with Crippen LogP contribution < -0.4 is 10.2 Å². The largest absolute Gasteiger partial charge is 0.354 e. The molecule has 1 aliphatic heterocycles. The van der Waals surface area contributed by atoms with Gasteiger partial charge in [0.15, 0.2) is 11.6 Å². The maximum Gasteiger partial charge on any atom is 0.225 e. The average Bonchev–Trinajstić information content (AvgIpc) is 3.28. The summed E-state index contributed by atoms with van der Waals surface area (Å²) in [6.07, 6.45) is 8.86. The van der Waals surface area contributed by atoms with Crippen molar-refractivity contribution >= 4 is 11.7 Å². The molecule has 8 heteroatoms. The molecule has 0 aromatic carbocycles. The summed E-state index contributed by atoms with van der Waals surface area (Å²) in [6, 6.07) is 9.49. The fraction of sp³-hybridized carbons (Fsp3) is 0.316. The van der Waals surface area contributed by atoms with Crippen LogP contribution >= 0.6 is 0 Å². The number of anilines is 1. The van der Waals surface area contributed by atoms with E-state index in [0.29, 0.717) is 18.9 Å². The highest BCUT2D eigenvalue weighted by molar-refractivity contribution is 5.79. The van der Waals surface area contributed by atoms with E-state index in [1.165, 1.54) is 0 Å². The molecule has 1 amide bonds. The lowest BCUT2D eigenvalue weighted by molar-refractivity contribution is -0.125. The van der Waals surface area contributed by atoms with Gasteiger partial charge in [-0.25, -0.2) is 4.68 Å². The minimum atomic E-state index is -0.0528. The lowest BCUT2D eigenvalue weighted by Crippen LogP contribution is -2.43. The van der Waals surface area contributed by atoms with Crippen LogP contribution in [0, 0.1) is 5.92 Å². The van der Waals surface area contributed by atoms with Crippen molar-refractivity contribution in [3.05, 3.63) is 60.7 Å². The number of nitrogens with zero attached hydrogens (tertiary/aromatic N) is 6. The molecule has 1 saturated heterocycles. The second-order valence-corrected chi connectivity index (χ2v) is 6.56. The third-order valence-corrected chi connectivity index (χ3v) is 4.68. The Labute approximate surface area is 157 Å². The van der Waals surface area contributed by atoms with Crippen LogP contribution in [0.1, 0.15) is 18.4 Å². The first-order valence-corrected chi connectivity index (χ1v) is 9.05. The fourth-order valence-electron chi connectivity index (χ4n) is 3.25. The maximum atomic E-state index is 12.6. The lowest BCUT2D eigenvalue weighted by Gasteiger charge is -2.32. The van der Waals surface area contributed by atoms with Crippen LogP contribution in [0.25, 0.3) is 5.82 Å². The first kappa shape index (κ1) is 17.1. The van der Waals surface area contributed by atoms with Crippen molar-refractivity contribution in [2.75, 3.05) is 18.0 Å². The molecule has 0 spiro atoms. The summed E-state index contributed by atoms with van der Waals surface area (Å²) < 4.78 is 1.67. The number of carbonyl (C=O) groups is 1. The van der Waals surface area contributed by atoms with Gasteiger partial charge in [-0.15, -0.1) is 10.2 Å². The monoisotopic (exact) mass is 363 g/mol. The van der Waals surface area contributed by atoms with E-state index in [9.17, 15) is 4.79 Å². The van der Waals surface area contributed by atoms with Gasteiger partial charge in [-0.05, 0) is 42.7 Å². The molecule has 27 heavy (non-hydrogen) atoms. The molecule has 1 aliphatic rings. The van der Waals surface area contributed by atoms with Crippen LogP contribution in [-0.4, -0.2) is 44.0 Å². The second-order valence-electron chi connectivity index (χ2n) is 6.56. The lowest BCUT2D eigenvalue weighted by atomic mass is 9.97. The predicted octanol–water partition coefficient (Wildman–Crippen LogP) is 1.59. The zero-order chi connectivity index (χ0) is 18.5. The van der Waals surface area contributed by atoms with E-state index in [1.54, 1.807) is 23.3 Å². The minimum absolute atomic E-state index is 0.0528. The maximum absolute atomic E-state index is 12.6. The molecule has 0 bridgehead atoms. The quantitative estimate of drug-likeness (QED) is 0.741. The molecule has 0 saturated carbocycles. The highest BCUT2D eigenvalue weighted by Gasteiger charge is 2.26. The van der Waals surface area contributed by atoms with E-state index in [1.807, 2.05) is 36.5 Å². The molecule has 1 N–H and O–H groups in total. The Kier molecular flexibility index (Phi) is 5.04. The van der Waals surface area contributed by atoms with E-state index >= 15 is 0 Å². The first-order chi connectivity index (χ1) is 13.3. The molecular weight excluding hydrogens is 342 g/mol. The summed E-state index contributed by atoms with van der Waals surface area (Å²) >= 11 is 0. The SMILES string of the molecule is O=C(NCc1cccnc1)C1CCCN(c2ccc(-n3cccn3)nn2)C1. The molecule has 4 heterocycles. The van der Waals surface area contributed by atoms with Crippen molar-refractivity contribution in [2.24, 2.45) is 5.92 Å². The molecule has 0 aliphatic carbocycles. The summed E-state index contributed by atoms with van der Waals surface area (Å²) in [4.78, 5) is 18.7. The highest BCUT2D eigenvalue weighted by Crippen LogP contribution is 2.22. The number of hydrogen-bond acceptors (Lipinski definition) is 6. The van der Waals surface area contributed by atoms with Crippen molar-refractivity contribution in [2.45, 2.75) is 19.4 Å². The van der Waals surface area contributed by atoms with Crippen molar-refractivity contribution in [1.82, 2.24) is 30.3 Å². The van der Waals surface area contributed by atoms with E-state index in [4.69, 9.17) is 0 Å². The van der Waals surface area contributed by atoms with Crippen LogP contribution in [-0.2, 0) is 11.3 Å². The Hall–Kier alpha value is -3.29. The van der Waals surface area contributed by atoms with Crippen LogP contribution in [0.15, 0.2) is 55.1 Å². The van der Waals surface area contributed by atoms with Gasteiger partial charge in [0.1, 0.15) is 0 Å². The number of hydrogen-bond donors (Lipinski definition) is 1. The van der Waals surface area contributed by atoms with E-state index in [0.717, 1.165) is 30.8 Å². The smallest absolute Gasteiger partial charge is 0.225 e. The van der Waals surface area contributed by atoms with Gasteiger partial charge in [0.2, 0.25) is 5.91 Å². The van der Waals surface area contributed by atoms with Gasteiger partial charge in [-0.3, -0.25) is 9.78 Å². The van der Waals surface area contributed by atoms with Gasteiger partial charge < -0.3 is 10.2 Å². The number of piperidine rings is 1. The van der Waals surface area contributed by atoms with Crippen molar-refractivity contribution < 1.29 is 4.79 Å². The first-order valence-electron chi connectivity index (χ1n) is 9.05. The standard InChI is InChI=1S/C19H21N7O/c27-19(21-13-15-4-1-8-20-12-15)16-5-2-10-25(14-16)17-6-7-18(24-23-17)26-11-3-9-22-26/h1,3-4,6-9,11-12,16H,2,5,10,13-14H2,(H,21,27). The van der Waals surface area contributed by atoms with Gasteiger partial charge >= 0.3 is 0 Å². The minimum Gasteiger partial charge on any atom is -0.354 e. The number of amides is 1. The molecular formula is C19H21N7O. The summed E-state index contributed by atoms with van der Waals surface area (Å²) in [5.41, 5.74) is 0.999. The van der Waals surface area contributed by atoms with Crippen LogP contribution in [0.5, 0.6) is 0 Å². The zero-order valence-electron chi connectivity index (χ0n) is 14.9. The van der Waals surface area contributed by atoms with Crippen molar-refractivity contribution in [3.63, 3.8) is 0 Å². The molecule has 0 radical (unpaired) electrons. The van der Waals surface area contributed by atoms with E-state index < -0.39 is 0 Å². The predicted molar refractivity (Wildman–Crippen MR) is 100 cm³/mol. The number of rotatable bonds is 5.